The van der Waals surface area contributed by atoms with Crippen molar-refractivity contribution in [3.8, 4) is 0 Å². The number of hydrogen-bond donors (Lipinski definition) is 3. The molecule has 0 radical (unpaired) electrons. The number of rotatable bonds is 15. The van der Waals surface area contributed by atoms with Gasteiger partial charge in [0.25, 0.3) is 0 Å². The summed E-state index contributed by atoms with van der Waals surface area (Å²) < 4.78 is 12.7. The van der Waals surface area contributed by atoms with Crippen molar-refractivity contribution in [1.82, 2.24) is 0 Å². The summed E-state index contributed by atoms with van der Waals surface area (Å²) in [6, 6.07) is 9.07. The predicted molar refractivity (Wildman–Crippen MR) is 243 cm³/mol. The van der Waals surface area contributed by atoms with Crippen molar-refractivity contribution in [2.45, 2.75) is 207 Å². The molecule has 1 saturated heterocycles. The number of carbonyl (C=O) groups is 1. The smallest absolute Gasteiger partial charge is 0.309 e. The summed E-state index contributed by atoms with van der Waals surface area (Å²) in [5.41, 5.74) is 1.39. The van der Waals surface area contributed by atoms with E-state index in [1.165, 1.54) is 94.6 Å². The largest absolute Gasteiger partial charge is 0.481 e. The number of carboxylic acids is 1. The van der Waals surface area contributed by atoms with Crippen LogP contribution in [0.2, 0.25) is 0 Å². The summed E-state index contributed by atoms with van der Waals surface area (Å²) in [6.07, 6.45) is 28.3. The molecule has 342 valence electrons. The van der Waals surface area contributed by atoms with Gasteiger partial charge in [0, 0.05) is 30.3 Å². The first-order chi connectivity index (χ1) is 29.2. The molecule has 8 aliphatic rings. The first kappa shape index (κ1) is 44.7. The molecule has 6 nitrogen and oxygen atoms in total. The fourth-order valence-corrected chi connectivity index (χ4v) is 19.5. The predicted octanol–water partition coefficient (Wildman–Crippen LogP) is 12.4. The highest BCUT2D eigenvalue weighted by Gasteiger charge is 2.86. The number of aliphatic hydroxyl groups excluding tert-OH is 1. The molecule has 14 atom stereocenters. The molecule has 3 N–H and O–H groups in total. The summed E-state index contributed by atoms with van der Waals surface area (Å²) in [5, 5.41) is 36.5. The van der Waals surface area contributed by atoms with Crippen LogP contribution in [0.25, 0.3) is 0 Å². The number of carboxylic acid groups (broad SMARTS) is 1. The zero-order valence-electron chi connectivity index (χ0n) is 39.5. The maximum atomic E-state index is 13.2. The van der Waals surface area contributed by atoms with E-state index in [-0.39, 0.29) is 57.0 Å². The Morgan fingerprint density at radius 3 is 2.23 bits per heavy atom. The summed E-state index contributed by atoms with van der Waals surface area (Å²) in [5.74, 6) is 0.705. The highest BCUT2D eigenvalue weighted by Crippen LogP contribution is 2.88. The van der Waals surface area contributed by atoms with Crippen LogP contribution in [0.1, 0.15) is 193 Å². The number of fused-ring (bicyclic) bond motifs is 5. The second-order valence-corrected chi connectivity index (χ2v) is 24.4. The molecule has 1 aromatic rings. The van der Waals surface area contributed by atoms with E-state index in [2.05, 4.69) is 58.9 Å². The summed E-state index contributed by atoms with van der Waals surface area (Å²) in [7, 11) is 1.76. The number of benzene rings is 1. The van der Waals surface area contributed by atoms with Crippen molar-refractivity contribution in [2.75, 3.05) is 20.3 Å². The third-order valence-electron chi connectivity index (χ3n) is 22.4. The Labute approximate surface area is 370 Å². The number of unbranched alkanes of at least 4 members (excludes halogenated alkanes) is 2. The van der Waals surface area contributed by atoms with Gasteiger partial charge in [0.1, 0.15) is 0 Å². The van der Waals surface area contributed by atoms with Gasteiger partial charge < -0.3 is 24.8 Å². The number of hydrogen-bond acceptors (Lipinski definition) is 5. The van der Waals surface area contributed by atoms with Crippen molar-refractivity contribution in [3.63, 3.8) is 0 Å². The average molecular weight is 843 g/mol. The second kappa shape index (κ2) is 16.1. The summed E-state index contributed by atoms with van der Waals surface area (Å²) >= 11 is 0. The number of aliphatic carboxylic acids is 1. The molecule has 14 unspecified atom stereocenters. The van der Waals surface area contributed by atoms with E-state index in [1.807, 2.05) is 0 Å². The topological polar surface area (TPSA) is 96.2 Å². The van der Waals surface area contributed by atoms with E-state index in [0.29, 0.717) is 30.8 Å². The van der Waals surface area contributed by atoms with Gasteiger partial charge >= 0.3 is 5.97 Å². The highest BCUT2D eigenvalue weighted by molar-refractivity contribution is 5.74. The molecule has 2 bridgehead atoms. The Bertz CT molecular complexity index is 1740. The van der Waals surface area contributed by atoms with Crippen LogP contribution in [-0.2, 0) is 27.1 Å². The fraction of sp³-hybridized carbons (Fsp3) is 0.873. The minimum absolute atomic E-state index is 0.00354. The lowest BCUT2D eigenvalue weighted by Crippen LogP contribution is -2.79. The normalized spacial score (nSPS) is 47.6. The van der Waals surface area contributed by atoms with Crippen LogP contribution >= 0.6 is 0 Å². The number of aliphatic hydroxyl groups is 2. The molecular weight excluding hydrogens is 757 g/mol. The van der Waals surface area contributed by atoms with Gasteiger partial charge in [-0.3, -0.25) is 4.79 Å². The molecule has 9 rings (SSSR count). The Morgan fingerprint density at radius 2 is 1.52 bits per heavy atom. The van der Waals surface area contributed by atoms with Gasteiger partial charge in [-0.1, -0.05) is 116 Å². The van der Waals surface area contributed by atoms with E-state index in [9.17, 15) is 20.1 Å². The highest BCUT2D eigenvalue weighted by atomic mass is 16.6. The van der Waals surface area contributed by atoms with Gasteiger partial charge in [0.2, 0.25) is 0 Å². The molecule has 0 amide bonds. The molecule has 7 aliphatic carbocycles. The molecule has 8 fully saturated rings. The summed E-state index contributed by atoms with van der Waals surface area (Å²) in [4.78, 5) is 13.2. The molecule has 1 spiro atoms. The average Bonchev–Trinajstić information content (AvgIpc) is 3.40. The van der Waals surface area contributed by atoms with Crippen LogP contribution in [0.5, 0.6) is 0 Å². The molecular formula is C55H86O6. The van der Waals surface area contributed by atoms with Gasteiger partial charge in [-0.25, -0.2) is 0 Å². The van der Waals surface area contributed by atoms with Gasteiger partial charge in [-0.2, -0.15) is 0 Å². The lowest BCUT2D eigenvalue weighted by Gasteiger charge is -2.82. The maximum absolute atomic E-state index is 13.2. The molecule has 1 aliphatic heterocycles. The van der Waals surface area contributed by atoms with Gasteiger partial charge in [-0.15, -0.1) is 0 Å². The van der Waals surface area contributed by atoms with Crippen LogP contribution in [0.15, 0.2) is 24.3 Å². The van der Waals surface area contributed by atoms with E-state index in [4.69, 9.17) is 9.47 Å². The van der Waals surface area contributed by atoms with Crippen LogP contribution in [-0.4, -0.2) is 53.5 Å². The Morgan fingerprint density at radius 1 is 0.803 bits per heavy atom. The number of ether oxygens (including phenoxy) is 2. The van der Waals surface area contributed by atoms with Crippen molar-refractivity contribution in [3.05, 3.63) is 35.4 Å². The number of methoxy groups -OCH3 is 1. The Kier molecular flexibility index (Phi) is 11.8. The van der Waals surface area contributed by atoms with Crippen LogP contribution in [0.3, 0.4) is 0 Å². The molecule has 0 aromatic heterocycles. The van der Waals surface area contributed by atoms with E-state index in [1.54, 1.807) is 7.11 Å². The minimum Gasteiger partial charge on any atom is -0.481 e. The van der Waals surface area contributed by atoms with Gasteiger partial charge in [0.15, 0.2) is 5.79 Å². The van der Waals surface area contributed by atoms with Crippen LogP contribution in [0, 0.1) is 73.4 Å². The van der Waals surface area contributed by atoms with Crippen molar-refractivity contribution in [1.29, 1.82) is 0 Å². The van der Waals surface area contributed by atoms with Crippen molar-refractivity contribution < 1.29 is 29.6 Å². The quantitative estimate of drug-likeness (QED) is 0.152. The first-order valence-corrected chi connectivity index (χ1v) is 26.0. The van der Waals surface area contributed by atoms with E-state index in [0.717, 1.165) is 76.5 Å². The molecule has 1 heterocycles. The van der Waals surface area contributed by atoms with Gasteiger partial charge in [-0.05, 0) is 159 Å². The molecule has 7 saturated carbocycles. The first-order valence-electron chi connectivity index (χ1n) is 26.0. The third kappa shape index (κ3) is 6.36. The zero-order chi connectivity index (χ0) is 43.1. The van der Waals surface area contributed by atoms with Crippen LogP contribution < -0.4 is 0 Å². The minimum atomic E-state index is -1.16. The molecule has 6 heteroatoms. The second-order valence-electron chi connectivity index (χ2n) is 24.4. The standard InChI is InChI=1S/C55H86O6/c1-7-14-44-53-27-24-43-50(4)31-30-48(2)28-29-49(3,47(57)58)36-45(48)52(50,26-13-9-12-17-38-15-10-8-11-16-38)34-41-22-23-42(54(53,37-56)51(41,43)5)35-55(44,59)61-46(53)33-40-20-18-39(19-21-40)25-32-60-6/h18-21,38,41-46,56,59H,7-17,22-37H2,1-6H3,(H,57,58). The maximum Gasteiger partial charge on any atom is 0.309 e. The Hall–Kier alpha value is -1.47. The van der Waals surface area contributed by atoms with Crippen molar-refractivity contribution >= 4 is 5.97 Å². The van der Waals surface area contributed by atoms with E-state index < -0.39 is 17.2 Å². The molecule has 61 heavy (non-hydrogen) atoms. The Balaban J connectivity index is 1.12. The molecule has 1 aromatic carbocycles. The van der Waals surface area contributed by atoms with Crippen LogP contribution in [0.4, 0.5) is 0 Å². The lowest BCUT2D eigenvalue weighted by atomic mass is 9.21. The zero-order valence-corrected chi connectivity index (χ0v) is 39.5. The summed E-state index contributed by atoms with van der Waals surface area (Å²) in [6.45, 7) is 13.3. The monoisotopic (exact) mass is 843 g/mol. The SMILES string of the molecule is CCCC1C2(O)CC3CCC4CC5(CCCCCC6CCCCC6)C6CC(C)(C(=O)O)CCC6(C)CCC5(C)C5CCC1(C(Cc1ccc(CCOC)cc1)O2)C3(CO)C45C. The van der Waals surface area contributed by atoms with E-state index >= 15 is 0 Å². The van der Waals surface area contributed by atoms with Gasteiger partial charge in [0.05, 0.1) is 24.7 Å². The third-order valence-corrected chi connectivity index (χ3v) is 22.4. The lowest BCUT2D eigenvalue weighted by molar-refractivity contribution is -0.360. The fourth-order valence-electron chi connectivity index (χ4n) is 19.5. The van der Waals surface area contributed by atoms with Crippen molar-refractivity contribution in [2.24, 2.45) is 73.4 Å².